The smallest absolute Gasteiger partial charge is 0.323 e. The number of benzene rings is 5. The second kappa shape index (κ2) is 15.1. The van der Waals surface area contributed by atoms with Gasteiger partial charge in [-0.25, -0.2) is 4.79 Å². The maximum absolute atomic E-state index is 13.6. The molecule has 0 saturated heterocycles. The Morgan fingerprint density at radius 3 is 1.84 bits per heavy atom. The fourth-order valence-corrected chi connectivity index (χ4v) is 4.84. The van der Waals surface area contributed by atoms with Gasteiger partial charge in [-0.2, -0.15) is 0 Å². The second-order valence-corrected chi connectivity index (χ2v) is 10.3. The summed E-state index contributed by atoms with van der Waals surface area (Å²) in [7, 11) is 2.03. The summed E-state index contributed by atoms with van der Waals surface area (Å²) in [4.78, 5) is 28.5. The lowest BCUT2D eigenvalue weighted by Crippen LogP contribution is -2.29. The molecular weight excluding hydrogens is 548 g/mol. The number of nitrogens with one attached hydrogen (secondary N) is 3. The van der Waals surface area contributed by atoms with E-state index in [2.05, 4.69) is 33.0 Å². The molecule has 0 atom stereocenters. The summed E-state index contributed by atoms with van der Waals surface area (Å²) in [5.41, 5.74) is 4.50. The minimum atomic E-state index is -0.441. The summed E-state index contributed by atoms with van der Waals surface area (Å²) < 4.78 is 6.60. The number of rotatable bonds is 12. The molecule has 5 rings (SSSR count). The van der Waals surface area contributed by atoms with Gasteiger partial charge in [0, 0.05) is 37.2 Å². The van der Waals surface area contributed by atoms with Gasteiger partial charge in [0.15, 0.2) is 0 Å². The molecule has 0 radical (unpaired) electrons. The minimum Gasteiger partial charge on any atom is -0.480 e. The first-order valence-electron chi connectivity index (χ1n) is 14.6. The van der Waals surface area contributed by atoms with Gasteiger partial charge in [-0.15, -0.1) is 0 Å². The van der Waals surface area contributed by atoms with Gasteiger partial charge in [-0.3, -0.25) is 4.79 Å². The lowest BCUT2D eigenvalue weighted by Gasteiger charge is -2.22. The Labute approximate surface area is 258 Å². The van der Waals surface area contributed by atoms with Crippen molar-refractivity contribution in [3.05, 3.63) is 156 Å². The van der Waals surface area contributed by atoms with Crippen LogP contribution in [0.2, 0.25) is 0 Å². The van der Waals surface area contributed by atoms with Crippen LogP contribution in [0, 0.1) is 0 Å². The highest BCUT2D eigenvalue weighted by Gasteiger charge is 2.21. The number of urea groups is 1. The lowest BCUT2D eigenvalue weighted by molar-refractivity contribution is 0.0947. The van der Waals surface area contributed by atoms with E-state index in [-0.39, 0.29) is 5.91 Å². The summed E-state index contributed by atoms with van der Waals surface area (Å²) in [6.45, 7) is 1.25. The summed E-state index contributed by atoms with van der Waals surface area (Å²) in [5.74, 6) is 0.130. The van der Waals surface area contributed by atoms with Gasteiger partial charge in [0.05, 0.1) is 5.56 Å². The number of anilines is 3. The van der Waals surface area contributed by atoms with Crippen LogP contribution in [0.15, 0.2) is 140 Å². The van der Waals surface area contributed by atoms with Crippen molar-refractivity contribution in [1.29, 1.82) is 0 Å². The van der Waals surface area contributed by atoms with E-state index in [1.165, 1.54) is 0 Å². The van der Waals surface area contributed by atoms with Crippen molar-refractivity contribution < 1.29 is 14.3 Å². The molecule has 7 heteroatoms. The van der Waals surface area contributed by atoms with Gasteiger partial charge in [0.1, 0.15) is 11.9 Å². The first kappa shape index (κ1) is 29.9. The highest BCUT2D eigenvalue weighted by molar-refractivity contribution is 6.02. The lowest BCUT2D eigenvalue weighted by atomic mass is 10.0. The number of hydrogen-bond donors (Lipinski definition) is 3. The third-order valence-corrected chi connectivity index (χ3v) is 7.12. The third kappa shape index (κ3) is 8.26. The summed E-state index contributed by atoms with van der Waals surface area (Å²) in [6, 6.07) is 43.8. The maximum atomic E-state index is 13.6. The van der Waals surface area contributed by atoms with Crippen LogP contribution < -0.4 is 25.6 Å². The molecule has 0 aliphatic carbocycles. The van der Waals surface area contributed by atoms with Gasteiger partial charge in [0.2, 0.25) is 0 Å². The van der Waals surface area contributed by atoms with Crippen LogP contribution in [0.1, 0.15) is 34.0 Å². The Morgan fingerprint density at radius 2 is 1.23 bits per heavy atom. The van der Waals surface area contributed by atoms with E-state index in [1.807, 2.05) is 104 Å². The predicted octanol–water partition coefficient (Wildman–Crippen LogP) is 7.76. The van der Waals surface area contributed by atoms with Crippen LogP contribution in [0.4, 0.5) is 21.9 Å². The molecule has 0 fully saturated rings. The number of para-hydroxylation sites is 2. The van der Waals surface area contributed by atoms with Crippen LogP contribution >= 0.6 is 0 Å². The molecule has 44 heavy (non-hydrogen) atoms. The Kier molecular flexibility index (Phi) is 10.2. The molecule has 222 valence electrons. The summed E-state index contributed by atoms with van der Waals surface area (Å²) >= 11 is 0. The van der Waals surface area contributed by atoms with Crippen molar-refractivity contribution in [3.63, 3.8) is 0 Å². The van der Waals surface area contributed by atoms with Crippen molar-refractivity contribution >= 4 is 29.0 Å². The zero-order valence-electron chi connectivity index (χ0n) is 24.6. The van der Waals surface area contributed by atoms with Gasteiger partial charge in [-0.05, 0) is 60.0 Å². The summed E-state index contributed by atoms with van der Waals surface area (Å²) in [5, 5.41) is 8.69. The number of nitrogens with zero attached hydrogens (tertiary/aromatic N) is 1. The van der Waals surface area contributed by atoms with E-state index in [0.717, 1.165) is 29.8 Å². The normalized spacial score (nSPS) is 10.6. The van der Waals surface area contributed by atoms with Crippen molar-refractivity contribution in [2.45, 2.75) is 12.5 Å². The number of hydrogen-bond acceptors (Lipinski definition) is 4. The van der Waals surface area contributed by atoms with Crippen molar-refractivity contribution in [2.75, 3.05) is 35.7 Å². The Bertz CT molecular complexity index is 1590. The molecule has 3 N–H and O–H groups in total. The molecule has 0 heterocycles. The highest BCUT2D eigenvalue weighted by atomic mass is 16.5. The number of amides is 3. The molecule has 0 spiro atoms. The first-order valence-corrected chi connectivity index (χ1v) is 14.6. The van der Waals surface area contributed by atoms with Crippen LogP contribution in [-0.2, 0) is 0 Å². The zero-order chi connectivity index (χ0) is 30.6. The van der Waals surface area contributed by atoms with Gasteiger partial charge < -0.3 is 25.6 Å². The van der Waals surface area contributed by atoms with E-state index in [1.54, 1.807) is 30.3 Å². The van der Waals surface area contributed by atoms with E-state index >= 15 is 0 Å². The average Bonchev–Trinajstić information content (AvgIpc) is 3.07. The van der Waals surface area contributed by atoms with Crippen LogP contribution in [0.25, 0.3) is 0 Å². The highest BCUT2D eigenvalue weighted by Crippen LogP contribution is 2.32. The fraction of sp³-hybridized carbons (Fsp3) is 0.135. The average molecular weight is 585 g/mol. The van der Waals surface area contributed by atoms with Crippen molar-refractivity contribution in [2.24, 2.45) is 0 Å². The van der Waals surface area contributed by atoms with Gasteiger partial charge in [0.25, 0.3) is 5.91 Å². The predicted molar refractivity (Wildman–Crippen MR) is 178 cm³/mol. The van der Waals surface area contributed by atoms with E-state index in [4.69, 9.17) is 4.74 Å². The largest absolute Gasteiger partial charge is 0.480 e. The Morgan fingerprint density at radius 1 is 0.682 bits per heavy atom. The zero-order valence-corrected chi connectivity index (χ0v) is 24.6. The molecule has 0 aromatic heterocycles. The summed E-state index contributed by atoms with van der Waals surface area (Å²) in [6.07, 6.45) is 0.310. The van der Waals surface area contributed by atoms with E-state index < -0.39 is 12.1 Å². The maximum Gasteiger partial charge on any atom is 0.323 e. The molecule has 0 aliphatic rings. The van der Waals surface area contributed by atoms with Gasteiger partial charge in [-0.1, -0.05) is 97.1 Å². The number of carbonyl (C=O) groups is 2. The molecule has 7 nitrogen and oxygen atoms in total. The van der Waals surface area contributed by atoms with Crippen LogP contribution in [0.5, 0.6) is 5.75 Å². The monoisotopic (exact) mass is 584 g/mol. The molecular formula is C37H36N4O3. The molecule has 0 unspecified atom stereocenters. The molecule has 5 aromatic carbocycles. The van der Waals surface area contributed by atoms with Crippen molar-refractivity contribution in [1.82, 2.24) is 5.32 Å². The topological polar surface area (TPSA) is 82.7 Å². The molecule has 0 aliphatic heterocycles. The number of ether oxygens (including phenoxy) is 1. The first-order chi connectivity index (χ1) is 21.6. The van der Waals surface area contributed by atoms with E-state index in [0.29, 0.717) is 29.2 Å². The molecule has 0 saturated carbocycles. The fourth-order valence-electron chi connectivity index (χ4n) is 4.84. The quantitative estimate of drug-likeness (QED) is 0.131. The second-order valence-electron chi connectivity index (χ2n) is 10.3. The standard InChI is InChI=1S/C37H36N4O3/c1-41(32-21-12-5-13-22-32)26-14-25-38-36(42)33-27-31(40-37(43)39-30-19-10-4-11-20-30)23-24-34(33)44-35(28-15-6-2-7-16-28)29-17-8-3-9-18-29/h2-13,15-24,27,35H,14,25-26H2,1H3,(H,38,42)(H2,39,40,43). The van der Waals surface area contributed by atoms with E-state index in [9.17, 15) is 9.59 Å². The Hall–Kier alpha value is -5.56. The van der Waals surface area contributed by atoms with Crippen molar-refractivity contribution in [3.8, 4) is 5.75 Å². The SMILES string of the molecule is CN(CCCNC(=O)c1cc(NC(=O)Nc2ccccc2)ccc1OC(c1ccccc1)c1ccccc1)c1ccccc1. The van der Waals surface area contributed by atoms with Gasteiger partial charge >= 0.3 is 6.03 Å². The van der Waals surface area contributed by atoms with Crippen LogP contribution in [-0.4, -0.2) is 32.1 Å². The van der Waals surface area contributed by atoms with Crippen LogP contribution in [0.3, 0.4) is 0 Å². The molecule has 5 aromatic rings. The minimum absolute atomic E-state index is 0.283. The molecule has 3 amide bonds. The molecule has 0 bridgehead atoms. The number of carbonyl (C=O) groups excluding carboxylic acids is 2. The Balaban J connectivity index is 1.35. The third-order valence-electron chi connectivity index (χ3n) is 7.12.